The molecule has 0 unspecified atom stereocenters. The second-order valence-corrected chi connectivity index (χ2v) is 6.89. The Morgan fingerprint density at radius 2 is 2.08 bits per heavy atom. The van der Waals surface area contributed by atoms with Crippen molar-refractivity contribution < 1.29 is 4.74 Å². The largest absolute Gasteiger partial charge is 0.379 e. The lowest BCUT2D eigenvalue weighted by Crippen LogP contribution is -2.40. The summed E-state index contributed by atoms with van der Waals surface area (Å²) < 4.78 is 7.78. The summed E-state index contributed by atoms with van der Waals surface area (Å²) >= 11 is 0. The molecular weight excluding hydrogens is 326 g/mol. The normalized spacial score (nSPS) is 14.5. The second kappa shape index (κ2) is 9.38. The summed E-state index contributed by atoms with van der Waals surface area (Å²) in [7, 11) is 3.86. The highest BCUT2D eigenvalue weighted by Gasteiger charge is 2.21. The fourth-order valence-corrected chi connectivity index (χ4v) is 2.76. The Balaban J connectivity index is 1.40. The van der Waals surface area contributed by atoms with Gasteiger partial charge in [-0.3, -0.25) is 4.99 Å². The van der Waals surface area contributed by atoms with Crippen LogP contribution in [0, 0.1) is 5.92 Å². The van der Waals surface area contributed by atoms with Gasteiger partial charge in [-0.25, -0.2) is 4.98 Å². The van der Waals surface area contributed by atoms with E-state index in [0.717, 1.165) is 44.7 Å². The molecule has 1 aromatic heterocycles. The molecule has 0 radical (unpaired) electrons. The lowest BCUT2D eigenvalue weighted by molar-refractivity contribution is 0.115. The smallest absolute Gasteiger partial charge is 0.193 e. The van der Waals surface area contributed by atoms with E-state index in [1.165, 1.54) is 24.0 Å². The number of nitrogens with one attached hydrogen (secondary N) is 1. The summed E-state index contributed by atoms with van der Waals surface area (Å²) in [4.78, 5) is 10.5. The molecule has 1 aliphatic carbocycles. The van der Waals surface area contributed by atoms with E-state index in [0.29, 0.717) is 0 Å². The molecule has 6 nitrogen and oxygen atoms in total. The Bertz CT molecular complexity index is 677. The van der Waals surface area contributed by atoms with Crippen molar-refractivity contribution in [3.05, 3.63) is 54.1 Å². The van der Waals surface area contributed by atoms with Gasteiger partial charge in [-0.1, -0.05) is 24.3 Å². The van der Waals surface area contributed by atoms with Crippen molar-refractivity contribution in [2.75, 3.05) is 33.9 Å². The first kappa shape index (κ1) is 18.5. The summed E-state index contributed by atoms with van der Waals surface area (Å²) in [5.74, 6) is 1.71. The van der Waals surface area contributed by atoms with E-state index in [4.69, 9.17) is 4.74 Å². The third kappa shape index (κ3) is 5.88. The van der Waals surface area contributed by atoms with Crippen molar-refractivity contribution in [2.45, 2.75) is 25.9 Å². The fraction of sp³-hybridized carbons (Fsp3) is 0.500. The molecule has 3 rings (SSSR count). The molecule has 1 fully saturated rings. The molecule has 1 aromatic carbocycles. The molecule has 26 heavy (non-hydrogen) atoms. The van der Waals surface area contributed by atoms with Gasteiger partial charge in [0.1, 0.15) is 0 Å². The number of aromatic nitrogens is 2. The molecule has 0 atom stereocenters. The molecule has 0 spiro atoms. The van der Waals surface area contributed by atoms with Gasteiger partial charge in [0.2, 0.25) is 0 Å². The summed E-state index contributed by atoms with van der Waals surface area (Å²) in [5, 5.41) is 3.42. The van der Waals surface area contributed by atoms with Crippen LogP contribution in [-0.4, -0.2) is 54.3 Å². The first-order chi connectivity index (χ1) is 12.7. The highest BCUT2D eigenvalue weighted by atomic mass is 16.5. The Hall–Kier alpha value is -2.34. The van der Waals surface area contributed by atoms with Crippen LogP contribution in [0.15, 0.2) is 48.0 Å². The number of benzene rings is 1. The number of aliphatic imine (C=N–C) groups is 1. The van der Waals surface area contributed by atoms with E-state index >= 15 is 0 Å². The van der Waals surface area contributed by atoms with Crippen molar-refractivity contribution in [2.24, 2.45) is 10.9 Å². The van der Waals surface area contributed by atoms with Crippen LogP contribution < -0.4 is 5.32 Å². The molecule has 2 aromatic rings. The topological polar surface area (TPSA) is 54.7 Å². The lowest BCUT2D eigenvalue weighted by atomic mass is 10.1. The van der Waals surface area contributed by atoms with Crippen LogP contribution in [0.5, 0.6) is 0 Å². The number of rotatable bonds is 9. The predicted molar refractivity (Wildman–Crippen MR) is 104 cm³/mol. The SMILES string of the molecule is CN=C(NCc1ccc(Cn2ccnc2)cc1)N(C)CCOCC1CC1. The van der Waals surface area contributed by atoms with Gasteiger partial charge >= 0.3 is 0 Å². The van der Waals surface area contributed by atoms with Gasteiger partial charge in [-0.05, 0) is 29.9 Å². The van der Waals surface area contributed by atoms with E-state index in [9.17, 15) is 0 Å². The molecule has 0 bridgehead atoms. The first-order valence-corrected chi connectivity index (χ1v) is 9.27. The number of hydrogen-bond acceptors (Lipinski definition) is 3. The van der Waals surface area contributed by atoms with E-state index in [-0.39, 0.29) is 0 Å². The Kier molecular flexibility index (Phi) is 6.66. The van der Waals surface area contributed by atoms with E-state index < -0.39 is 0 Å². The van der Waals surface area contributed by atoms with Crippen LogP contribution in [0.25, 0.3) is 0 Å². The average Bonchev–Trinajstić information content (AvgIpc) is 3.35. The summed E-state index contributed by atoms with van der Waals surface area (Å²) in [6.07, 6.45) is 8.28. The number of likely N-dealkylation sites (N-methyl/N-ethyl adjacent to an activating group) is 1. The van der Waals surface area contributed by atoms with Gasteiger partial charge < -0.3 is 19.5 Å². The number of hydrogen-bond donors (Lipinski definition) is 1. The molecule has 1 heterocycles. The zero-order valence-corrected chi connectivity index (χ0v) is 15.8. The maximum Gasteiger partial charge on any atom is 0.193 e. The Labute approximate surface area is 155 Å². The van der Waals surface area contributed by atoms with Crippen molar-refractivity contribution in [1.82, 2.24) is 19.8 Å². The highest BCUT2D eigenvalue weighted by Crippen LogP contribution is 2.28. The molecule has 0 saturated heterocycles. The van der Waals surface area contributed by atoms with Gasteiger partial charge in [0.15, 0.2) is 5.96 Å². The van der Waals surface area contributed by atoms with Gasteiger partial charge in [0, 0.05) is 52.7 Å². The highest BCUT2D eigenvalue weighted by molar-refractivity contribution is 5.79. The number of nitrogens with zero attached hydrogens (tertiary/aromatic N) is 4. The molecular formula is C20H29N5O. The minimum atomic E-state index is 0.747. The molecule has 1 aliphatic rings. The Morgan fingerprint density at radius 1 is 1.31 bits per heavy atom. The van der Waals surface area contributed by atoms with Crippen molar-refractivity contribution in [3.8, 4) is 0 Å². The minimum absolute atomic E-state index is 0.747. The maximum atomic E-state index is 5.71. The average molecular weight is 355 g/mol. The maximum absolute atomic E-state index is 5.71. The predicted octanol–water partition coefficient (Wildman–Crippen LogP) is 2.37. The molecule has 1 saturated carbocycles. The summed E-state index contributed by atoms with van der Waals surface area (Å²) in [5.41, 5.74) is 2.50. The first-order valence-electron chi connectivity index (χ1n) is 9.27. The van der Waals surface area contributed by atoms with Gasteiger partial charge in [-0.15, -0.1) is 0 Å². The van der Waals surface area contributed by atoms with Gasteiger partial charge in [0.25, 0.3) is 0 Å². The monoisotopic (exact) mass is 355 g/mol. The van der Waals surface area contributed by atoms with Crippen molar-refractivity contribution in [3.63, 3.8) is 0 Å². The standard InChI is InChI=1S/C20H29N5O/c1-21-20(24(2)11-12-26-15-19-7-8-19)23-13-17-3-5-18(6-4-17)14-25-10-9-22-16-25/h3-6,9-10,16,19H,7-8,11-15H2,1-2H3,(H,21,23). The third-order valence-corrected chi connectivity index (χ3v) is 4.59. The quantitative estimate of drug-likeness (QED) is 0.426. The zero-order chi connectivity index (χ0) is 18.2. The zero-order valence-electron chi connectivity index (χ0n) is 15.8. The van der Waals surface area contributed by atoms with E-state index in [1.54, 1.807) is 6.20 Å². The van der Waals surface area contributed by atoms with Crippen LogP contribution in [-0.2, 0) is 17.8 Å². The number of imidazole rings is 1. The van der Waals surface area contributed by atoms with Crippen LogP contribution in [0.1, 0.15) is 24.0 Å². The fourth-order valence-electron chi connectivity index (χ4n) is 2.76. The molecule has 0 aliphatic heterocycles. The Morgan fingerprint density at radius 3 is 2.73 bits per heavy atom. The van der Waals surface area contributed by atoms with Gasteiger partial charge in [0.05, 0.1) is 12.9 Å². The molecule has 0 amide bonds. The number of guanidine groups is 1. The summed E-state index contributed by atoms with van der Waals surface area (Å²) in [6.45, 7) is 4.10. The minimum Gasteiger partial charge on any atom is -0.379 e. The molecule has 140 valence electrons. The van der Waals surface area contributed by atoms with Crippen LogP contribution in [0.2, 0.25) is 0 Å². The van der Waals surface area contributed by atoms with Crippen LogP contribution in [0.4, 0.5) is 0 Å². The molecule has 6 heteroatoms. The van der Waals surface area contributed by atoms with Crippen molar-refractivity contribution in [1.29, 1.82) is 0 Å². The van der Waals surface area contributed by atoms with Crippen LogP contribution >= 0.6 is 0 Å². The number of ether oxygens (including phenoxy) is 1. The molecule has 1 N–H and O–H groups in total. The second-order valence-electron chi connectivity index (χ2n) is 6.89. The van der Waals surface area contributed by atoms with E-state index in [1.807, 2.05) is 26.6 Å². The van der Waals surface area contributed by atoms with Crippen LogP contribution in [0.3, 0.4) is 0 Å². The van der Waals surface area contributed by atoms with Gasteiger partial charge in [-0.2, -0.15) is 0 Å². The third-order valence-electron chi connectivity index (χ3n) is 4.59. The lowest BCUT2D eigenvalue weighted by Gasteiger charge is -2.22. The van der Waals surface area contributed by atoms with E-state index in [2.05, 4.69) is 49.0 Å². The summed E-state index contributed by atoms with van der Waals surface area (Å²) in [6, 6.07) is 8.64. The van der Waals surface area contributed by atoms with Crippen molar-refractivity contribution >= 4 is 5.96 Å².